The largest absolute Gasteiger partial charge is 0.380 e. The molecule has 7 nitrogen and oxygen atoms in total. The standard InChI is InChI=1S/C11H14ClN3O4/c1-3-19-5-4-14(2)11(16)9-6-8(15(17)18)7-13-10(9)12/h6-7H,3-5H2,1-2H3. The fourth-order valence-electron chi connectivity index (χ4n) is 1.34. The Labute approximate surface area is 115 Å². The molecule has 0 unspecified atom stereocenters. The van der Waals surface area contributed by atoms with Gasteiger partial charge in [0, 0.05) is 26.3 Å². The van der Waals surface area contributed by atoms with Crippen LogP contribution in [0.5, 0.6) is 0 Å². The van der Waals surface area contributed by atoms with E-state index >= 15 is 0 Å². The van der Waals surface area contributed by atoms with Gasteiger partial charge in [-0.2, -0.15) is 0 Å². The Bertz CT molecular complexity index is 481. The van der Waals surface area contributed by atoms with Crippen LogP contribution in [0.25, 0.3) is 0 Å². The first-order valence-electron chi connectivity index (χ1n) is 5.60. The predicted octanol–water partition coefficient (Wildman–Crippen LogP) is 1.75. The van der Waals surface area contributed by atoms with Gasteiger partial charge in [-0.1, -0.05) is 11.6 Å². The third kappa shape index (κ3) is 4.15. The molecule has 0 aliphatic rings. The molecule has 1 heterocycles. The molecular formula is C11H14ClN3O4. The van der Waals surface area contributed by atoms with Gasteiger partial charge in [0.2, 0.25) is 0 Å². The zero-order valence-corrected chi connectivity index (χ0v) is 11.4. The van der Waals surface area contributed by atoms with E-state index in [4.69, 9.17) is 16.3 Å². The first-order chi connectivity index (χ1) is 8.97. The maximum atomic E-state index is 12.1. The molecule has 0 saturated carbocycles. The number of aromatic nitrogens is 1. The van der Waals surface area contributed by atoms with Crippen molar-refractivity contribution < 1.29 is 14.5 Å². The Morgan fingerprint density at radius 1 is 1.63 bits per heavy atom. The van der Waals surface area contributed by atoms with E-state index in [-0.39, 0.29) is 16.4 Å². The van der Waals surface area contributed by atoms with Crippen molar-refractivity contribution in [3.63, 3.8) is 0 Å². The zero-order chi connectivity index (χ0) is 14.4. The highest BCUT2D eigenvalue weighted by molar-refractivity contribution is 6.32. The second kappa shape index (κ2) is 7.01. The van der Waals surface area contributed by atoms with E-state index in [2.05, 4.69) is 4.98 Å². The van der Waals surface area contributed by atoms with Crippen LogP contribution in [0.4, 0.5) is 5.69 Å². The van der Waals surface area contributed by atoms with Crippen LogP contribution in [0.3, 0.4) is 0 Å². The van der Waals surface area contributed by atoms with Gasteiger partial charge in [0.25, 0.3) is 11.6 Å². The number of carbonyl (C=O) groups is 1. The van der Waals surface area contributed by atoms with Crippen LogP contribution in [0.15, 0.2) is 12.3 Å². The lowest BCUT2D eigenvalue weighted by atomic mass is 10.2. The average molecular weight is 288 g/mol. The number of hydrogen-bond acceptors (Lipinski definition) is 5. The first-order valence-corrected chi connectivity index (χ1v) is 5.98. The Balaban J connectivity index is 2.86. The third-order valence-corrected chi connectivity index (χ3v) is 2.69. The number of nitrogens with zero attached hydrogens (tertiary/aromatic N) is 3. The van der Waals surface area contributed by atoms with Crippen molar-refractivity contribution in [2.75, 3.05) is 26.8 Å². The third-order valence-electron chi connectivity index (χ3n) is 2.39. The van der Waals surface area contributed by atoms with Crippen molar-refractivity contribution in [1.29, 1.82) is 0 Å². The van der Waals surface area contributed by atoms with E-state index in [1.54, 1.807) is 7.05 Å². The molecule has 0 aliphatic carbocycles. The van der Waals surface area contributed by atoms with Gasteiger partial charge in [-0.3, -0.25) is 14.9 Å². The van der Waals surface area contributed by atoms with Gasteiger partial charge < -0.3 is 9.64 Å². The summed E-state index contributed by atoms with van der Waals surface area (Å²) < 4.78 is 5.13. The molecule has 8 heteroatoms. The van der Waals surface area contributed by atoms with Crippen LogP contribution < -0.4 is 0 Å². The Kier molecular flexibility index (Phi) is 5.65. The summed E-state index contributed by atoms with van der Waals surface area (Å²) in [6.45, 7) is 3.16. The number of pyridine rings is 1. The van der Waals surface area contributed by atoms with E-state index in [0.717, 1.165) is 12.3 Å². The summed E-state index contributed by atoms with van der Waals surface area (Å²) in [5.41, 5.74) is -0.263. The van der Waals surface area contributed by atoms with Crippen molar-refractivity contribution in [3.05, 3.63) is 33.1 Å². The number of amides is 1. The van der Waals surface area contributed by atoms with E-state index in [1.165, 1.54) is 4.90 Å². The van der Waals surface area contributed by atoms with Gasteiger partial charge >= 0.3 is 0 Å². The number of nitro groups is 1. The lowest BCUT2D eigenvalue weighted by molar-refractivity contribution is -0.385. The van der Waals surface area contributed by atoms with Gasteiger partial charge in [-0.05, 0) is 6.92 Å². The van der Waals surface area contributed by atoms with Crippen molar-refractivity contribution >= 4 is 23.2 Å². The van der Waals surface area contributed by atoms with Crippen LogP contribution in [0.2, 0.25) is 5.15 Å². The molecule has 1 amide bonds. The van der Waals surface area contributed by atoms with Gasteiger partial charge in [-0.15, -0.1) is 0 Å². The Morgan fingerprint density at radius 2 is 2.32 bits per heavy atom. The minimum Gasteiger partial charge on any atom is -0.380 e. The minimum absolute atomic E-state index is 0.00913. The molecule has 19 heavy (non-hydrogen) atoms. The summed E-state index contributed by atoms with van der Waals surface area (Å²) >= 11 is 5.79. The van der Waals surface area contributed by atoms with Crippen LogP contribution in [-0.2, 0) is 4.74 Å². The summed E-state index contributed by atoms with van der Waals surface area (Å²) in [6, 6.07) is 1.12. The van der Waals surface area contributed by atoms with E-state index < -0.39 is 10.8 Å². The molecule has 0 radical (unpaired) electrons. The van der Waals surface area contributed by atoms with Gasteiger partial charge in [0.1, 0.15) is 11.3 Å². The summed E-state index contributed by atoms with van der Waals surface area (Å²) in [4.78, 5) is 27.1. The lowest BCUT2D eigenvalue weighted by Gasteiger charge is -2.17. The SMILES string of the molecule is CCOCCN(C)C(=O)c1cc([N+](=O)[O-])cnc1Cl. The average Bonchev–Trinajstić information content (AvgIpc) is 2.38. The molecule has 1 rings (SSSR count). The zero-order valence-electron chi connectivity index (χ0n) is 10.6. The molecule has 0 N–H and O–H groups in total. The maximum absolute atomic E-state index is 12.1. The molecule has 0 aromatic carbocycles. The lowest BCUT2D eigenvalue weighted by Crippen LogP contribution is -2.30. The van der Waals surface area contributed by atoms with Crippen molar-refractivity contribution in [1.82, 2.24) is 9.88 Å². The number of hydrogen-bond donors (Lipinski definition) is 0. The quantitative estimate of drug-likeness (QED) is 0.344. The summed E-state index contributed by atoms with van der Waals surface area (Å²) in [7, 11) is 1.57. The second-order valence-corrected chi connectivity index (χ2v) is 4.07. The Morgan fingerprint density at radius 3 is 2.89 bits per heavy atom. The molecule has 0 aliphatic heterocycles. The number of rotatable bonds is 6. The number of ether oxygens (including phenoxy) is 1. The summed E-state index contributed by atoms with van der Waals surface area (Å²) in [5, 5.41) is 10.6. The first kappa shape index (κ1) is 15.3. The van der Waals surface area contributed by atoms with Crippen LogP contribution in [0.1, 0.15) is 17.3 Å². The number of carbonyl (C=O) groups excluding carboxylic acids is 1. The van der Waals surface area contributed by atoms with Gasteiger partial charge in [0.15, 0.2) is 0 Å². The fraction of sp³-hybridized carbons (Fsp3) is 0.455. The monoisotopic (exact) mass is 287 g/mol. The van der Waals surface area contributed by atoms with Gasteiger partial charge in [0.05, 0.1) is 17.1 Å². The minimum atomic E-state index is -0.625. The molecule has 0 atom stereocenters. The normalized spacial score (nSPS) is 10.3. The number of halogens is 1. The number of likely N-dealkylation sites (N-methyl/N-ethyl adjacent to an activating group) is 1. The van der Waals surface area contributed by atoms with Gasteiger partial charge in [-0.25, -0.2) is 4.98 Å². The van der Waals surface area contributed by atoms with E-state index in [0.29, 0.717) is 19.8 Å². The Hall–Kier alpha value is -1.73. The van der Waals surface area contributed by atoms with Crippen LogP contribution in [0, 0.1) is 10.1 Å². The van der Waals surface area contributed by atoms with Crippen molar-refractivity contribution in [3.8, 4) is 0 Å². The molecule has 1 aromatic rings. The van der Waals surface area contributed by atoms with E-state index in [1.807, 2.05) is 6.92 Å². The van der Waals surface area contributed by atoms with Crippen molar-refractivity contribution in [2.45, 2.75) is 6.92 Å². The van der Waals surface area contributed by atoms with E-state index in [9.17, 15) is 14.9 Å². The highest BCUT2D eigenvalue weighted by Crippen LogP contribution is 2.20. The highest BCUT2D eigenvalue weighted by Gasteiger charge is 2.19. The molecule has 0 spiro atoms. The van der Waals surface area contributed by atoms with Crippen molar-refractivity contribution in [2.24, 2.45) is 0 Å². The molecular weight excluding hydrogens is 274 g/mol. The molecule has 1 aromatic heterocycles. The molecule has 0 saturated heterocycles. The molecule has 104 valence electrons. The second-order valence-electron chi connectivity index (χ2n) is 3.71. The topological polar surface area (TPSA) is 85.6 Å². The predicted molar refractivity (Wildman–Crippen MR) is 69.4 cm³/mol. The molecule has 0 bridgehead atoms. The van der Waals surface area contributed by atoms with Crippen LogP contribution >= 0.6 is 11.6 Å². The smallest absolute Gasteiger partial charge is 0.288 e. The highest BCUT2D eigenvalue weighted by atomic mass is 35.5. The summed E-state index contributed by atoms with van der Waals surface area (Å²) in [6.07, 6.45) is 1.01. The van der Waals surface area contributed by atoms with Crippen LogP contribution in [-0.4, -0.2) is 47.5 Å². The molecule has 0 fully saturated rings. The fourth-order valence-corrected chi connectivity index (χ4v) is 1.52. The summed E-state index contributed by atoms with van der Waals surface area (Å²) in [5.74, 6) is -0.430. The maximum Gasteiger partial charge on any atom is 0.288 e.